The Hall–Kier alpha value is -2.41. The number of nitrogens with zero attached hydrogens (tertiary/aromatic N) is 3. The molecule has 7 nitrogen and oxygen atoms in total. The quantitative estimate of drug-likeness (QED) is 0.842. The van der Waals surface area contributed by atoms with E-state index in [0.29, 0.717) is 11.6 Å². The maximum Gasteiger partial charge on any atom is 0.279 e. The Labute approximate surface area is 122 Å². The molecule has 0 aliphatic carbocycles. The minimum Gasteiger partial charge on any atom is -0.497 e. The molecule has 2 aromatic rings. The average Bonchev–Trinajstić information content (AvgIpc) is 2.56. The molecule has 0 saturated carbocycles. The second-order valence-electron chi connectivity index (χ2n) is 4.79. The lowest BCUT2D eigenvalue weighted by Gasteiger charge is -2.27. The number of aromatic amines is 1. The lowest BCUT2D eigenvalue weighted by molar-refractivity contribution is 0.415. The van der Waals surface area contributed by atoms with Gasteiger partial charge in [-0.05, 0) is 24.3 Å². The van der Waals surface area contributed by atoms with Crippen molar-refractivity contribution >= 4 is 5.95 Å². The molecule has 0 atom stereocenters. The van der Waals surface area contributed by atoms with Crippen molar-refractivity contribution in [1.29, 1.82) is 0 Å². The van der Waals surface area contributed by atoms with Crippen molar-refractivity contribution in [3.05, 3.63) is 34.6 Å². The van der Waals surface area contributed by atoms with Crippen molar-refractivity contribution in [2.45, 2.75) is 0 Å². The number of aromatic nitrogens is 3. The van der Waals surface area contributed by atoms with E-state index in [0.717, 1.165) is 37.5 Å². The molecule has 1 aliphatic heterocycles. The predicted octanol–water partition coefficient (Wildman–Crippen LogP) is 0.250. The first kappa shape index (κ1) is 13.6. The van der Waals surface area contributed by atoms with Gasteiger partial charge >= 0.3 is 0 Å². The molecular formula is C14H17N5O2. The van der Waals surface area contributed by atoms with Crippen molar-refractivity contribution < 1.29 is 4.74 Å². The van der Waals surface area contributed by atoms with E-state index in [1.165, 1.54) is 0 Å². The van der Waals surface area contributed by atoms with Gasteiger partial charge < -0.3 is 15.0 Å². The van der Waals surface area contributed by atoms with E-state index in [2.05, 4.69) is 20.5 Å². The summed E-state index contributed by atoms with van der Waals surface area (Å²) in [5.41, 5.74) is 0.802. The zero-order valence-corrected chi connectivity index (χ0v) is 11.8. The van der Waals surface area contributed by atoms with Crippen LogP contribution in [-0.2, 0) is 0 Å². The Kier molecular flexibility index (Phi) is 3.83. The van der Waals surface area contributed by atoms with Gasteiger partial charge in [-0.15, -0.1) is 10.2 Å². The predicted molar refractivity (Wildman–Crippen MR) is 79.7 cm³/mol. The van der Waals surface area contributed by atoms with Crippen LogP contribution in [0.25, 0.3) is 11.3 Å². The largest absolute Gasteiger partial charge is 0.497 e. The molecule has 110 valence electrons. The number of benzene rings is 1. The van der Waals surface area contributed by atoms with Gasteiger partial charge in [0, 0.05) is 31.7 Å². The van der Waals surface area contributed by atoms with Crippen LogP contribution in [0.2, 0.25) is 0 Å². The van der Waals surface area contributed by atoms with E-state index in [4.69, 9.17) is 4.74 Å². The summed E-state index contributed by atoms with van der Waals surface area (Å²) in [6.45, 7) is 3.38. The summed E-state index contributed by atoms with van der Waals surface area (Å²) in [6, 6.07) is 7.17. The highest BCUT2D eigenvalue weighted by molar-refractivity contribution is 5.59. The molecule has 21 heavy (non-hydrogen) atoms. The second-order valence-corrected chi connectivity index (χ2v) is 4.79. The summed E-state index contributed by atoms with van der Waals surface area (Å²) in [5, 5.41) is 11.5. The number of ether oxygens (including phenoxy) is 1. The lowest BCUT2D eigenvalue weighted by Crippen LogP contribution is -2.45. The van der Waals surface area contributed by atoms with Gasteiger partial charge in [-0.3, -0.25) is 9.78 Å². The Bertz CT molecular complexity index is 662. The van der Waals surface area contributed by atoms with Gasteiger partial charge in [-0.1, -0.05) is 0 Å². The molecule has 1 saturated heterocycles. The fourth-order valence-electron chi connectivity index (χ4n) is 2.29. The van der Waals surface area contributed by atoms with E-state index >= 15 is 0 Å². The van der Waals surface area contributed by atoms with Crippen LogP contribution in [0.3, 0.4) is 0 Å². The van der Waals surface area contributed by atoms with Gasteiger partial charge in [-0.2, -0.15) is 0 Å². The summed E-state index contributed by atoms with van der Waals surface area (Å²) in [4.78, 5) is 17.0. The first-order valence-electron chi connectivity index (χ1n) is 6.85. The highest BCUT2D eigenvalue weighted by Gasteiger charge is 2.15. The maximum absolute atomic E-state index is 12.2. The first-order chi connectivity index (χ1) is 10.3. The molecule has 0 spiro atoms. The first-order valence-corrected chi connectivity index (χ1v) is 6.85. The molecule has 3 rings (SSSR count). The Morgan fingerprint density at radius 2 is 1.86 bits per heavy atom. The molecule has 0 amide bonds. The molecule has 0 unspecified atom stereocenters. The van der Waals surface area contributed by atoms with Crippen LogP contribution in [0.5, 0.6) is 5.75 Å². The van der Waals surface area contributed by atoms with Gasteiger partial charge in [0.25, 0.3) is 5.56 Å². The van der Waals surface area contributed by atoms with E-state index in [1.807, 2.05) is 4.90 Å². The number of anilines is 1. The summed E-state index contributed by atoms with van der Waals surface area (Å²) in [6.07, 6.45) is 0. The molecule has 7 heteroatoms. The van der Waals surface area contributed by atoms with Gasteiger partial charge in [0.1, 0.15) is 5.75 Å². The Morgan fingerprint density at radius 3 is 2.48 bits per heavy atom. The molecule has 1 aromatic heterocycles. The number of piperazine rings is 1. The molecule has 2 heterocycles. The molecular weight excluding hydrogens is 270 g/mol. The zero-order chi connectivity index (χ0) is 14.7. The van der Waals surface area contributed by atoms with Crippen LogP contribution in [0.15, 0.2) is 29.1 Å². The minimum absolute atomic E-state index is 0.233. The van der Waals surface area contributed by atoms with E-state index < -0.39 is 0 Å². The van der Waals surface area contributed by atoms with Crippen LogP contribution in [-0.4, -0.2) is 48.5 Å². The SMILES string of the molecule is COc1ccc(-c2nnc(N3CCNCC3)[nH]c2=O)cc1. The number of hydrogen-bond acceptors (Lipinski definition) is 6. The third-order valence-electron chi connectivity index (χ3n) is 3.47. The Morgan fingerprint density at radius 1 is 1.14 bits per heavy atom. The monoisotopic (exact) mass is 287 g/mol. The van der Waals surface area contributed by atoms with E-state index in [-0.39, 0.29) is 5.56 Å². The summed E-state index contributed by atoms with van der Waals surface area (Å²) < 4.78 is 5.10. The normalized spacial score (nSPS) is 15.0. The summed E-state index contributed by atoms with van der Waals surface area (Å²) in [5.74, 6) is 1.26. The third-order valence-corrected chi connectivity index (χ3v) is 3.47. The highest BCUT2D eigenvalue weighted by Crippen LogP contribution is 2.18. The average molecular weight is 287 g/mol. The molecule has 0 radical (unpaired) electrons. The van der Waals surface area contributed by atoms with Crippen molar-refractivity contribution in [3.63, 3.8) is 0 Å². The van der Waals surface area contributed by atoms with Gasteiger partial charge in [0.05, 0.1) is 7.11 Å². The number of rotatable bonds is 3. The Balaban J connectivity index is 1.88. The van der Waals surface area contributed by atoms with Crippen molar-refractivity contribution in [2.24, 2.45) is 0 Å². The maximum atomic E-state index is 12.2. The van der Waals surface area contributed by atoms with Gasteiger partial charge in [0.15, 0.2) is 5.69 Å². The van der Waals surface area contributed by atoms with Crippen molar-refractivity contribution in [2.75, 3.05) is 38.2 Å². The topological polar surface area (TPSA) is 83.1 Å². The van der Waals surface area contributed by atoms with Crippen molar-refractivity contribution in [1.82, 2.24) is 20.5 Å². The minimum atomic E-state index is -0.233. The number of hydrogen-bond donors (Lipinski definition) is 2. The van der Waals surface area contributed by atoms with Crippen LogP contribution < -0.4 is 20.5 Å². The van der Waals surface area contributed by atoms with Crippen LogP contribution >= 0.6 is 0 Å². The lowest BCUT2D eigenvalue weighted by atomic mass is 10.1. The van der Waals surface area contributed by atoms with Crippen LogP contribution in [0, 0.1) is 0 Å². The van der Waals surface area contributed by atoms with Crippen molar-refractivity contribution in [3.8, 4) is 17.0 Å². The van der Waals surface area contributed by atoms with Gasteiger partial charge in [0.2, 0.25) is 5.95 Å². The number of methoxy groups -OCH3 is 1. The summed E-state index contributed by atoms with van der Waals surface area (Å²) in [7, 11) is 1.60. The third kappa shape index (κ3) is 2.87. The highest BCUT2D eigenvalue weighted by atomic mass is 16.5. The molecule has 1 aromatic carbocycles. The standard InChI is InChI=1S/C14H17N5O2/c1-21-11-4-2-10(3-5-11)12-13(20)16-14(18-17-12)19-8-6-15-7-9-19/h2-5,15H,6-9H2,1H3,(H,16,18,20). The van der Waals surface area contributed by atoms with Gasteiger partial charge in [-0.25, -0.2) is 0 Å². The molecule has 1 aliphatic rings. The summed E-state index contributed by atoms with van der Waals surface area (Å²) >= 11 is 0. The smallest absolute Gasteiger partial charge is 0.279 e. The second kappa shape index (κ2) is 5.92. The molecule has 2 N–H and O–H groups in total. The van der Waals surface area contributed by atoms with E-state index in [1.54, 1.807) is 31.4 Å². The van der Waals surface area contributed by atoms with Crippen LogP contribution in [0.4, 0.5) is 5.95 Å². The zero-order valence-electron chi connectivity index (χ0n) is 11.8. The van der Waals surface area contributed by atoms with E-state index in [9.17, 15) is 4.79 Å². The van der Waals surface area contributed by atoms with Crippen LogP contribution in [0.1, 0.15) is 0 Å². The fourth-order valence-corrected chi connectivity index (χ4v) is 2.29. The molecule has 0 bridgehead atoms. The molecule has 1 fully saturated rings. The number of nitrogens with one attached hydrogen (secondary N) is 2. The fraction of sp³-hybridized carbons (Fsp3) is 0.357. The number of H-pyrrole nitrogens is 1.